The predicted octanol–water partition coefficient (Wildman–Crippen LogP) is 2.86. The van der Waals surface area contributed by atoms with E-state index < -0.39 is 27.6 Å². The van der Waals surface area contributed by atoms with Gasteiger partial charge in [-0.2, -0.15) is 0 Å². The van der Waals surface area contributed by atoms with Gasteiger partial charge in [0.15, 0.2) is 0 Å². The van der Waals surface area contributed by atoms with Crippen LogP contribution in [0.1, 0.15) is 23.5 Å². The molecule has 9 heteroatoms. The molecule has 2 aromatic carbocycles. The number of hydrogen-bond acceptors (Lipinski definition) is 6. The molecule has 2 amide bonds. The van der Waals surface area contributed by atoms with Crippen LogP contribution in [0.4, 0.5) is 17.1 Å². The topological polar surface area (TPSA) is 124 Å². The Balaban J connectivity index is 1.98. The Labute approximate surface area is 147 Å². The summed E-state index contributed by atoms with van der Waals surface area (Å²) in [4.78, 5) is 46.9. The number of amides is 2. The highest BCUT2D eigenvalue weighted by molar-refractivity contribution is 6.22. The van der Waals surface area contributed by atoms with Crippen molar-refractivity contribution in [3.05, 3.63) is 73.8 Å². The number of anilines is 1. The third kappa shape index (κ3) is 2.90. The number of aryl methyl sites for hydroxylation is 1. The summed E-state index contributed by atoms with van der Waals surface area (Å²) < 4.78 is 0. The zero-order valence-corrected chi connectivity index (χ0v) is 13.6. The van der Waals surface area contributed by atoms with E-state index in [9.17, 15) is 29.8 Å². The molecule has 1 atom stereocenters. The molecule has 0 N–H and O–H groups in total. The number of rotatable bonds is 4. The Morgan fingerprint density at radius 1 is 1.00 bits per heavy atom. The SMILES string of the molecule is Cc1ccc([N+](=O)[O-])c(C2CC(=O)N(c3ccc([N+](=O)[O-])cc3)C2=O)c1. The van der Waals surface area contributed by atoms with Crippen LogP contribution in [-0.2, 0) is 9.59 Å². The second-order valence-corrected chi connectivity index (χ2v) is 5.92. The van der Waals surface area contributed by atoms with Gasteiger partial charge in [-0.3, -0.25) is 29.8 Å². The van der Waals surface area contributed by atoms with Gasteiger partial charge in [0.1, 0.15) is 0 Å². The number of nitro benzene ring substituents is 2. The van der Waals surface area contributed by atoms with E-state index in [4.69, 9.17) is 0 Å². The molecule has 0 spiro atoms. The molecule has 0 saturated carbocycles. The average molecular weight is 355 g/mol. The molecule has 1 unspecified atom stereocenters. The zero-order valence-electron chi connectivity index (χ0n) is 13.6. The molecule has 132 valence electrons. The first kappa shape index (κ1) is 17.2. The smallest absolute Gasteiger partial charge is 0.273 e. The van der Waals surface area contributed by atoms with Crippen LogP contribution in [0.2, 0.25) is 0 Å². The van der Waals surface area contributed by atoms with Crippen LogP contribution in [0.25, 0.3) is 0 Å². The van der Waals surface area contributed by atoms with Gasteiger partial charge < -0.3 is 0 Å². The van der Waals surface area contributed by atoms with Crippen molar-refractivity contribution in [1.29, 1.82) is 0 Å². The molecule has 1 saturated heterocycles. The van der Waals surface area contributed by atoms with Crippen LogP contribution in [0.3, 0.4) is 0 Å². The largest absolute Gasteiger partial charge is 0.274 e. The van der Waals surface area contributed by atoms with Gasteiger partial charge in [0.25, 0.3) is 11.4 Å². The summed E-state index contributed by atoms with van der Waals surface area (Å²) in [5.74, 6) is -2.06. The third-order valence-electron chi connectivity index (χ3n) is 4.22. The second kappa shape index (κ2) is 6.36. The molecular formula is C17H13N3O6. The maximum Gasteiger partial charge on any atom is 0.273 e. The van der Waals surface area contributed by atoms with E-state index in [1.165, 1.54) is 36.4 Å². The van der Waals surface area contributed by atoms with Crippen molar-refractivity contribution in [3.8, 4) is 0 Å². The lowest BCUT2D eigenvalue weighted by Gasteiger charge is -2.15. The highest BCUT2D eigenvalue weighted by atomic mass is 16.6. The van der Waals surface area contributed by atoms with E-state index in [0.717, 1.165) is 10.5 Å². The van der Waals surface area contributed by atoms with Crippen LogP contribution in [-0.4, -0.2) is 21.7 Å². The number of non-ortho nitro benzene ring substituents is 1. The Hall–Kier alpha value is -3.62. The number of nitrogens with zero attached hydrogens (tertiary/aromatic N) is 3. The molecule has 0 radical (unpaired) electrons. The summed E-state index contributed by atoms with van der Waals surface area (Å²) in [7, 11) is 0. The van der Waals surface area contributed by atoms with E-state index in [1.807, 2.05) is 0 Å². The molecule has 3 rings (SSSR count). The number of benzene rings is 2. The first-order valence-electron chi connectivity index (χ1n) is 7.66. The number of hydrogen-bond donors (Lipinski definition) is 0. The van der Waals surface area contributed by atoms with Gasteiger partial charge in [-0.05, 0) is 25.1 Å². The summed E-state index contributed by atoms with van der Waals surface area (Å²) in [6.45, 7) is 1.74. The fourth-order valence-corrected chi connectivity index (χ4v) is 2.99. The molecule has 1 aliphatic rings. The van der Waals surface area contributed by atoms with Gasteiger partial charge in [-0.15, -0.1) is 0 Å². The molecule has 26 heavy (non-hydrogen) atoms. The normalized spacial score (nSPS) is 16.8. The van der Waals surface area contributed by atoms with Crippen LogP contribution in [0.5, 0.6) is 0 Å². The summed E-state index contributed by atoms with van der Waals surface area (Å²) in [5, 5.41) is 22.0. The first-order valence-corrected chi connectivity index (χ1v) is 7.66. The lowest BCUT2D eigenvalue weighted by Crippen LogP contribution is -2.30. The highest BCUT2D eigenvalue weighted by Gasteiger charge is 2.43. The van der Waals surface area contributed by atoms with Gasteiger partial charge >= 0.3 is 0 Å². The number of carbonyl (C=O) groups is 2. The lowest BCUT2D eigenvalue weighted by atomic mass is 9.94. The summed E-state index contributed by atoms with van der Waals surface area (Å²) in [5.41, 5.74) is 0.742. The lowest BCUT2D eigenvalue weighted by molar-refractivity contribution is -0.385. The molecule has 0 aromatic heterocycles. The van der Waals surface area contributed by atoms with Gasteiger partial charge in [0.05, 0.1) is 21.5 Å². The van der Waals surface area contributed by atoms with Crippen LogP contribution < -0.4 is 4.90 Å². The minimum Gasteiger partial charge on any atom is -0.274 e. The highest BCUT2D eigenvalue weighted by Crippen LogP contribution is 2.38. The molecule has 0 aliphatic carbocycles. The van der Waals surface area contributed by atoms with Crippen molar-refractivity contribution in [2.45, 2.75) is 19.3 Å². The Kier molecular flexibility index (Phi) is 4.21. The van der Waals surface area contributed by atoms with Crippen molar-refractivity contribution < 1.29 is 19.4 Å². The minimum atomic E-state index is -0.960. The molecule has 1 fully saturated rings. The molecule has 1 heterocycles. The third-order valence-corrected chi connectivity index (χ3v) is 4.22. The predicted molar refractivity (Wildman–Crippen MR) is 90.8 cm³/mol. The average Bonchev–Trinajstić information content (AvgIpc) is 2.89. The molecule has 0 bridgehead atoms. The molecule has 1 aliphatic heterocycles. The van der Waals surface area contributed by atoms with E-state index in [2.05, 4.69) is 0 Å². The Morgan fingerprint density at radius 3 is 2.23 bits per heavy atom. The first-order chi connectivity index (χ1) is 12.3. The van der Waals surface area contributed by atoms with Crippen LogP contribution >= 0.6 is 0 Å². The quantitative estimate of drug-likeness (QED) is 0.472. The van der Waals surface area contributed by atoms with Gasteiger partial charge in [-0.25, -0.2) is 4.90 Å². The van der Waals surface area contributed by atoms with Gasteiger partial charge in [0, 0.05) is 30.2 Å². The van der Waals surface area contributed by atoms with E-state index >= 15 is 0 Å². The van der Waals surface area contributed by atoms with Crippen molar-refractivity contribution in [2.24, 2.45) is 0 Å². The minimum absolute atomic E-state index is 0.168. The molecular weight excluding hydrogens is 342 g/mol. The van der Waals surface area contributed by atoms with Crippen LogP contribution in [0.15, 0.2) is 42.5 Å². The monoisotopic (exact) mass is 355 g/mol. The van der Waals surface area contributed by atoms with Crippen molar-refractivity contribution in [1.82, 2.24) is 0 Å². The number of carbonyl (C=O) groups excluding carboxylic acids is 2. The number of nitro groups is 2. The van der Waals surface area contributed by atoms with E-state index in [1.54, 1.807) is 13.0 Å². The maximum absolute atomic E-state index is 12.8. The fourth-order valence-electron chi connectivity index (χ4n) is 2.99. The van der Waals surface area contributed by atoms with Gasteiger partial charge in [0.2, 0.25) is 11.8 Å². The van der Waals surface area contributed by atoms with Crippen molar-refractivity contribution in [3.63, 3.8) is 0 Å². The van der Waals surface area contributed by atoms with E-state index in [0.29, 0.717) is 0 Å². The standard InChI is InChI=1S/C17H13N3O6/c1-10-2-7-15(20(25)26)13(8-10)14-9-16(21)18(17(14)22)11-3-5-12(6-4-11)19(23)24/h2-8,14H,9H2,1H3. The maximum atomic E-state index is 12.8. The number of imide groups is 1. The van der Waals surface area contributed by atoms with Gasteiger partial charge in [-0.1, -0.05) is 11.6 Å². The Bertz CT molecular complexity index is 938. The van der Waals surface area contributed by atoms with E-state index in [-0.39, 0.29) is 29.0 Å². The molecule has 2 aromatic rings. The van der Waals surface area contributed by atoms with Crippen molar-refractivity contribution in [2.75, 3.05) is 4.90 Å². The fraction of sp³-hybridized carbons (Fsp3) is 0.176. The summed E-state index contributed by atoms with van der Waals surface area (Å²) in [6.07, 6.45) is -0.194. The van der Waals surface area contributed by atoms with Crippen molar-refractivity contribution >= 4 is 28.9 Å². The summed E-state index contributed by atoms with van der Waals surface area (Å²) in [6, 6.07) is 9.42. The zero-order chi connectivity index (χ0) is 19.0. The molecule has 9 nitrogen and oxygen atoms in total. The second-order valence-electron chi connectivity index (χ2n) is 5.92. The Morgan fingerprint density at radius 2 is 1.65 bits per heavy atom. The summed E-state index contributed by atoms with van der Waals surface area (Å²) >= 11 is 0. The van der Waals surface area contributed by atoms with Crippen LogP contribution in [0, 0.1) is 27.2 Å².